The van der Waals surface area contributed by atoms with Crippen LogP contribution in [0.2, 0.25) is 0 Å². The average Bonchev–Trinajstić information content (AvgIpc) is 2.98. The van der Waals surface area contributed by atoms with Crippen LogP contribution in [-0.4, -0.2) is 46.5 Å². The summed E-state index contributed by atoms with van der Waals surface area (Å²) < 4.78 is 58.1. The highest BCUT2D eigenvalue weighted by Crippen LogP contribution is 2.31. The summed E-state index contributed by atoms with van der Waals surface area (Å²) in [7, 11) is 0. The molecule has 6 nitrogen and oxygen atoms in total. The van der Waals surface area contributed by atoms with Gasteiger partial charge in [-0.05, 0) is 54.8 Å². The van der Waals surface area contributed by atoms with Crippen LogP contribution in [0.5, 0.6) is 5.75 Å². The zero-order valence-electron chi connectivity index (χ0n) is 22.0. The molecule has 0 aliphatic carbocycles. The lowest BCUT2D eigenvalue weighted by Crippen LogP contribution is -2.46. The number of aromatic nitrogens is 2. The second kappa shape index (κ2) is 12.5. The second-order valence-electron chi connectivity index (χ2n) is 9.85. The predicted octanol–water partition coefficient (Wildman–Crippen LogP) is 6.32. The number of likely N-dealkylation sites (tertiary alicyclic amines) is 1. The minimum absolute atomic E-state index is 0.0473. The van der Waals surface area contributed by atoms with Crippen LogP contribution in [0.3, 0.4) is 0 Å². The lowest BCUT2D eigenvalue weighted by atomic mass is 9.99. The van der Waals surface area contributed by atoms with Crippen molar-refractivity contribution in [3.8, 4) is 17.1 Å². The van der Waals surface area contributed by atoms with E-state index in [1.807, 2.05) is 30.3 Å². The lowest BCUT2D eigenvalue weighted by molar-refractivity contribution is -0.137. The molecule has 3 aromatic carbocycles. The number of carbonyl (C=O) groups is 1. The topological polar surface area (TPSA) is 67.4 Å². The third-order valence-corrected chi connectivity index (χ3v) is 7.08. The molecule has 2 heterocycles. The van der Waals surface area contributed by atoms with Gasteiger partial charge >= 0.3 is 6.18 Å². The Bertz CT molecular complexity index is 1440. The number of nitrogens with zero attached hydrogens (tertiary/aromatic N) is 3. The predicted molar refractivity (Wildman–Crippen MR) is 146 cm³/mol. The Morgan fingerprint density at radius 2 is 1.63 bits per heavy atom. The molecule has 1 fully saturated rings. The fraction of sp³-hybridized carbons (Fsp3) is 0.258. The molecule has 1 aliphatic rings. The fourth-order valence-corrected chi connectivity index (χ4v) is 4.85. The highest BCUT2D eigenvalue weighted by atomic mass is 19.4. The van der Waals surface area contributed by atoms with Crippen LogP contribution in [0.4, 0.5) is 17.6 Å². The van der Waals surface area contributed by atoms with E-state index in [9.17, 15) is 22.4 Å². The molecule has 0 bridgehead atoms. The molecule has 0 radical (unpaired) electrons. The van der Waals surface area contributed by atoms with Gasteiger partial charge in [0.1, 0.15) is 18.2 Å². The monoisotopic (exact) mass is 564 g/mol. The van der Waals surface area contributed by atoms with Crippen molar-refractivity contribution in [1.29, 1.82) is 0 Å². The number of nitrogens with one attached hydrogen (secondary N) is 1. The molecule has 0 spiro atoms. The van der Waals surface area contributed by atoms with Crippen molar-refractivity contribution in [2.75, 3.05) is 19.7 Å². The molecule has 4 aromatic rings. The maximum Gasteiger partial charge on any atom is 0.416 e. The summed E-state index contributed by atoms with van der Waals surface area (Å²) in [5, 5.41) is 3.05. The lowest BCUT2D eigenvalue weighted by Gasteiger charge is -2.38. The molecule has 1 aromatic heterocycles. The van der Waals surface area contributed by atoms with Crippen molar-refractivity contribution in [2.24, 2.45) is 0 Å². The third kappa shape index (κ3) is 7.26. The zero-order valence-corrected chi connectivity index (χ0v) is 22.0. The molecule has 1 unspecified atom stereocenters. The largest absolute Gasteiger partial charge is 0.492 e. The number of benzene rings is 3. The second-order valence-corrected chi connectivity index (χ2v) is 9.85. The van der Waals surface area contributed by atoms with E-state index >= 15 is 0 Å². The molecule has 41 heavy (non-hydrogen) atoms. The van der Waals surface area contributed by atoms with Gasteiger partial charge in [-0.25, -0.2) is 14.4 Å². The first kappa shape index (κ1) is 28.2. The standard InChI is InChI=1S/C31H28F4N4O2/c32-25-8-4-7-22(17-25)29-36-18-23(19-37-29)30(40)38-26-13-15-39(16-14-26)28(21-5-2-1-3-6-21)20-41-27-11-9-24(10-12-27)31(33,34)35/h1-12,17-19,26,28H,13-16,20H2,(H,38,40). The van der Waals surface area contributed by atoms with Crippen LogP contribution < -0.4 is 10.1 Å². The first-order chi connectivity index (χ1) is 19.8. The molecule has 1 atom stereocenters. The van der Waals surface area contributed by atoms with Crippen molar-refractivity contribution < 1.29 is 27.1 Å². The molecular formula is C31H28F4N4O2. The van der Waals surface area contributed by atoms with E-state index in [1.54, 1.807) is 12.1 Å². The smallest absolute Gasteiger partial charge is 0.416 e. The van der Waals surface area contributed by atoms with E-state index in [-0.39, 0.29) is 30.4 Å². The molecule has 1 N–H and O–H groups in total. The normalized spacial score (nSPS) is 15.3. The molecule has 0 saturated carbocycles. The van der Waals surface area contributed by atoms with Gasteiger partial charge in [0.15, 0.2) is 5.82 Å². The van der Waals surface area contributed by atoms with E-state index in [1.165, 1.54) is 36.7 Å². The van der Waals surface area contributed by atoms with Gasteiger partial charge in [-0.2, -0.15) is 13.2 Å². The number of hydrogen-bond acceptors (Lipinski definition) is 5. The fourth-order valence-electron chi connectivity index (χ4n) is 4.85. The molecular weight excluding hydrogens is 536 g/mol. The Morgan fingerprint density at radius 3 is 2.27 bits per heavy atom. The van der Waals surface area contributed by atoms with Gasteiger partial charge in [-0.15, -0.1) is 0 Å². The van der Waals surface area contributed by atoms with Gasteiger partial charge in [0.05, 0.1) is 17.2 Å². The molecule has 1 aliphatic heterocycles. The number of carbonyl (C=O) groups excluding carboxylic acids is 1. The van der Waals surface area contributed by atoms with Crippen LogP contribution in [0.25, 0.3) is 11.4 Å². The number of piperidine rings is 1. The summed E-state index contributed by atoms with van der Waals surface area (Å²) >= 11 is 0. The zero-order chi connectivity index (χ0) is 28.8. The SMILES string of the molecule is O=C(NC1CCN(C(COc2ccc(C(F)(F)F)cc2)c2ccccc2)CC1)c1cnc(-c2cccc(F)c2)nc1. The minimum Gasteiger partial charge on any atom is -0.492 e. The minimum atomic E-state index is -4.40. The van der Waals surface area contributed by atoms with Gasteiger partial charge in [-0.3, -0.25) is 9.69 Å². The van der Waals surface area contributed by atoms with Gasteiger partial charge in [0.2, 0.25) is 0 Å². The van der Waals surface area contributed by atoms with Gasteiger partial charge < -0.3 is 10.1 Å². The third-order valence-electron chi connectivity index (χ3n) is 7.08. The van der Waals surface area contributed by atoms with Crippen molar-refractivity contribution in [3.05, 3.63) is 114 Å². The molecule has 10 heteroatoms. The quantitative estimate of drug-likeness (QED) is 0.254. The Morgan fingerprint density at radius 1 is 0.951 bits per heavy atom. The molecule has 212 valence electrons. The first-order valence-corrected chi connectivity index (χ1v) is 13.2. The Balaban J connectivity index is 1.18. The van der Waals surface area contributed by atoms with E-state index in [4.69, 9.17) is 4.74 Å². The molecule has 1 saturated heterocycles. The van der Waals surface area contributed by atoms with E-state index in [2.05, 4.69) is 20.2 Å². The number of hydrogen-bond donors (Lipinski definition) is 1. The maximum atomic E-state index is 13.5. The van der Waals surface area contributed by atoms with Crippen LogP contribution in [0.15, 0.2) is 91.3 Å². The van der Waals surface area contributed by atoms with E-state index in [0.29, 0.717) is 48.6 Å². The van der Waals surface area contributed by atoms with Crippen molar-refractivity contribution >= 4 is 5.91 Å². The van der Waals surface area contributed by atoms with E-state index < -0.39 is 11.7 Å². The summed E-state index contributed by atoms with van der Waals surface area (Å²) in [6.07, 6.45) is -0.122. The van der Waals surface area contributed by atoms with Crippen LogP contribution in [0, 0.1) is 5.82 Å². The molecule has 1 amide bonds. The summed E-state index contributed by atoms with van der Waals surface area (Å²) in [6, 6.07) is 20.3. The highest BCUT2D eigenvalue weighted by Gasteiger charge is 2.31. The number of alkyl halides is 3. The van der Waals surface area contributed by atoms with Gasteiger partial charge in [0.25, 0.3) is 5.91 Å². The summed E-state index contributed by atoms with van der Waals surface area (Å²) in [6.45, 7) is 1.65. The summed E-state index contributed by atoms with van der Waals surface area (Å²) in [5.41, 5.74) is 1.17. The Kier molecular flexibility index (Phi) is 8.58. The number of amides is 1. The maximum absolute atomic E-state index is 13.5. The number of halogens is 4. The van der Waals surface area contributed by atoms with Crippen LogP contribution >= 0.6 is 0 Å². The van der Waals surface area contributed by atoms with Gasteiger partial charge in [0, 0.05) is 37.1 Å². The van der Waals surface area contributed by atoms with Crippen LogP contribution in [-0.2, 0) is 6.18 Å². The number of rotatable bonds is 8. The van der Waals surface area contributed by atoms with Crippen LogP contribution in [0.1, 0.15) is 40.4 Å². The first-order valence-electron chi connectivity index (χ1n) is 13.2. The Hall–Kier alpha value is -4.31. The van der Waals surface area contributed by atoms with Crippen molar-refractivity contribution in [2.45, 2.75) is 31.1 Å². The molecule has 5 rings (SSSR count). The van der Waals surface area contributed by atoms with E-state index in [0.717, 1.165) is 17.7 Å². The van der Waals surface area contributed by atoms with Crippen molar-refractivity contribution in [3.63, 3.8) is 0 Å². The Labute approximate surface area is 235 Å². The highest BCUT2D eigenvalue weighted by molar-refractivity contribution is 5.93. The summed E-state index contributed by atoms with van der Waals surface area (Å²) in [5.74, 6) is 0.0333. The average molecular weight is 565 g/mol. The van der Waals surface area contributed by atoms with Crippen molar-refractivity contribution in [1.82, 2.24) is 20.2 Å². The summed E-state index contributed by atoms with van der Waals surface area (Å²) in [4.78, 5) is 23.5. The number of ether oxygens (including phenoxy) is 1. The van der Waals surface area contributed by atoms with Gasteiger partial charge in [-0.1, -0.05) is 42.5 Å².